The van der Waals surface area contributed by atoms with Gasteiger partial charge in [0.25, 0.3) is 5.91 Å². The van der Waals surface area contributed by atoms with Crippen LogP contribution in [0.25, 0.3) is 0 Å². The number of amides is 1. The number of hydrogen-bond acceptors (Lipinski definition) is 4. The Balaban J connectivity index is 2.00. The molecule has 0 unspecified atom stereocenters. The van der Waals surface area contributed by atoms with Gasteiger partial charge in [-0.1, -0.05) is 27.2 Å². The number of likely N-dealkylation sites (tertiary alicyclic amines) is 1. The normalized spacial score (nSPS) is 17.6. The van der Waals surface area contributed by atoms with Gasteiger partial charge in [0.15, 0.2) is 0 Å². The average Bonchev–Trinajstić information content (AvgIpc) is 2.53. The number of aromatic nitrogens is 2. The van der Waals surface area contributed by atoms with Crippen LogP contribution in [0.3, 0.4) is 0 Å². The van der Waals surface area contributed by atoms with Gasteiger partial charge < -0.3 is 10.2 Å². The lowest BCUT2D eigenvalue weighted by molar-refractivity contribution is 0.0594. The molecule has 1 aliphatic rings. The predicted octanol–water partition coefficient (Wildman–Crippen LogP) is 2.95. The summed E-state index contributed by atoms with van der Waals surface area (Å²) in [7, 11) is 0. The maximum absolute atomic E-state index is 12.5. The highest BCUT2D eigenvalue weighted by molar-refractivity contribution is 5.92. The average molecular weight is 290 g/mol. The molecule has 0 radical (unpaired) electrons. The smallest absolute Gasteiger partial charge is 0.274 e. The van der Waals surface area contributed by atoms with Gasteiger partial charge >= 0.3 is 0 Å². The third-order valence-corrected chi connectivity index (χ3v) is 4.52. The molecule has 1 fully saturated rings. The molecule has 21 heavy (non-hydrogen) atoms. The van der Waals surface area contributed by atoms with Gasteiger partial charge in [0, 0.05) is 19.6 Å². The molecular formula is C16H26N4O. The van der Waals surface area contributed by atoms with Crippen LogP contribution in [-0.4, -0.2) is 40.4 Å². The highest BCUT2D eigenvalue weighted by atomic mass is 16.2. The van der Waals surface area contributed by atoms with Crippen molar-refractivity contribution in [2.75, 3.05) is 25.0 Å². The standard InChI is InChI=1S/C16H26N4O/c1-4-8-18-14-12-17-11-13(19-14)15(21)20-9-6-16(3,5-2)7-10-20/h11-12H,4-10H2,1-3H3,(H,18,19). The predicted molar refractivity (Wildman–Crippen MR) is 84.3 cm³/mol. The number of nitrogens with zero attached hydrogens (tertiary/aromatic N) is 3. The van der Waals surface area contributed by atoms with E-state index in [1.165, 1.54) is 6.42 Å². The fourth-order valence-electron chi connectivity index (χ4n) is 2.57. The molecule has 0 saturated carbocycles. The van der Waals surface area contributed by atoms with Crippen molar-refractivity contribution in [1.82, 2.24) is 14.9 Å². The van der Waals surface area contributed by atoms with Gasteiger partial charge in [-0.25, -0.2) is 4.98 Å². The lowest BCUT2D eigenvalue weighted by Gasteiger charge is -2.38. The summed E-state index contributed by atoms with van der Waals surface area (Å²) in [6.45, 7) is 9.10. The molecule has 1 N–H and O–H groups in total. The van der Waals surface area contributed by atoms with Crippen LogP contribution in [0.5, 0.6) is 0 Å². The Bertz CT molecular complexity index is 481. The van der Waals surface area contributed by atoms with E-state index in [-0.39, 0.29) is 5.91 Å². The molecule has 116 valence electrons. The summed E-state index contributed by atoms with van der Waals surface area (Å²) >= 11 is 0. The molecule has 0 atom stereocenters. The monoisotopic (exact) mass is 290 g/mol. The Morgan fingerprint density at radius 1 is 1.33 bits per heavy atom. The van der Waals surface area contributed by atoms with Crippen LogP contribution in [-0.2, 0) is 0 Å². The quantitative estimate of drug-likeness (QED) is 0.906. The fourth-order valence-corrected chi connectivity index (χ4v) is 2.57. The molecule has 1 aromatic heterocycles. The molecule has 1 aromatic rings. The van der Waals surface area contributed by atoms with Crippen molar-refractivity contribution >= 4 is 11.7 Å². The highest BCUT2D eigenvalue weighted by Gasteiger charge is 2.31. The molecule has 1 amide bonds. The van der Waals surface area contributed by atoms with Crippen molar-refractivity contribution in [2.24, 2.45) is 5.41 Å². The summed E-state index contributed by atoms with van der Waals surface area (Å²) in [6, 6.07) is 0. The van der Waals surface area contributed by atoms with Crippen LogP contribution < -0.4 is 5.32 Å². The van der Waals surface area contributed by atoms with Gasteiger partial charge in [0.1, 0.15) is 11.5 Å². The molecule has 0 bridgehead atoms. The zero-order chi connectivity index (χ0) is 15.3. The molecule has 0 spiro atoms. The molecule has 2 heterocycles. The van der Waals surface area contributed by atoms with Crippen molar-refractivity contribution in [2.45, 2.75) is 46.5 Å². The SMILES string of the molecule is CCCNc1cncc(C(=O)N2CCC(C)(CC)CC2)n1. The van der Waals surface area contributed by atoms with E-state index < -0.39 is 0 Å². The Labute approximate surface area is 127 Å². The summed E-state index contributed by atoms with van der Waals surface area (Å²) in [5.41, 5.74) is 0.823. The lowest BCUT2D eigenvalue weighted by Crippen LogP contribution is -2.42. The van der Waals surface area contributed by atoms with E-state index in [1.54, 1.807) is 12.4 Å². The first-order valence-electron chi connectivity index (χ1n) is 7.93. The molecule has 1 aliphatic heterocycles. The molecule has 5 nitrogen and oxygen atoms in total. The molecule has 1 saturated heterocycles. The van der Waals surface area contributed by atoms with E-state index in [1.807, 2.05) is 4.90 Å². The number of anilines is 1. The van der Waals surface area contributed by atoms with Gasteiger partial charge in [-0.3, -0.25) is 9.78 Å². The molecule has 0 aliphatic carbocycles. The zero-order valence-corrected chi connectivity index (χ0v) is 13.4. The Hall–Kier alpha value is -1.65. The first-order chi connectivity index (χ1) is 10.1. The number of piperidine rings is 1. The summed E-state index contributed by atoms with van der Waals surface area (Å²) in [5, 5.41) is 3.17. The maximum atomic E-state index is 12.5. The summed E-state index contributed by atoms with van der Waals surface area (Å²) in [5.74, 6) is 0.680. The zero-order valence-electron chi connectivity index (χ0n) is 13.4. The van der Waals surface area contributed by atoms with Crippen LogP contribution in [0.1, 0.15) is 56.9 Å². The van der Waals surface area contributed by atoms with E-state index >= 15 is 0 Å². The minimum Gasteiger partial charge on any atom is -0.369 e. The Morgan fingerprint density at radius 2 is 2.05 bits per heavy atom. The molecular weight excluding hydrogens is 264 g/mol. The van der Waals surface area contributed by atoms with E-state index in [4.69, 9.17) is 0 Å². The largest absolute Gasteiger partial charge is 0.369 e. The second-order valence-electron chi connectivity index (χ2n) is 6.17. The number of nitrogens with one attached hydrogen (secondary N) is 1. The second-order valence-corrected chi connectivity index (χ2v) is 6.17. The summed E-state index contributed by atoms with van der Waals surface area (Å²) < 4.78 is 0. The lowest BCUT2D eigenvalue weighted by atomic mass is 9.78. The summed E-state index contributed by atoms with van der Waals surface area (Å²) in [4.78, 5) is 22.9. The number of rotatable bonds is 5. The first kappa shape index (κ1) is 15.7. The molecule has 2 rings (SSSR count). The van der Waals surface area contributed by atoms with Crippen molar-refractivity contribution in [3.63, 3.8) is 0 Å². The van der Waals surface area contributed by atoms with Crippen LogP contribution in [0.4, 0.5) is 5.82 Å². The van der Waals surface area contributed by atoms with Crippen LogP contribution in [0.15, 0.2) is 12.4 Å². The van der Waals surface area contributed by atoms with Gasteiger partial charge in [-0.2, -0.15) is 0 Å². The Kier molecular flexibility index (Phi) is 5.15. The van der Waals surface area contributed by atoms with Gasteiger partial charge in [-0.05, 0) is 24.7 Å². The van der Waals surface area contributed by atoms with Gasteiger partial charge in [0.05, 0.1) is 12.4 Å². The minimum atomic E-state index is 0.000742. The number of hydrogen-bond donors (Lipinski definition) is 1. The van der Waals surface area contributed by atoms with Gasteiger partial charge in [0.2, 0.25) is 0 Å². The maximum Gasteiger partial charge on any atom is 0.274 e. The van der Waals surface area contributed by atoms with Gasteiger partial charge in [-0.15, -0.1) is 0 Å². The van der Waals surface area contributed by atoms with Crippen molar-refractivity contribution in [3.05, 3.63) is 18.1 Å². The van der Waals surface area contributed by atoms with E-state index in [2.05, 4.69) is 36.1 Å². The van der Waals surface area contributed by atoms with E-state index in [0.717, 1.165) is 38.9 Å². The molecule has 0 aromatic carbocycles. The topological polar surface area (TPSA) is 58.1 Å². The minimum absolute atomic E-state index is 0.000742. The summed E-state index contributed by atoms with van der Waals surface area (Å²) in [6.07, 6.45) is 7.55. The van der Waals surface area contributed by atoms with Crippen LogP contribution >= 0.6 is 0 Å². The van der Waals surface area contributed by atoms with Crippen molar-refractivity contribution in [1.29, 1.82) is 0 Å². The van der Waals surface area contributed by atoms with E-state index in [9.17, 15) is 4.79 Å². The highest BCUT2D eigenvalue weighted by Crippen LogP contribution is 2.34. The van der Waals surface area contributed by atoms with Crippen LogP contribution in [0.2, 0.25) is 0 Å². The Morgan fingerprint density at radius 3 is 2.67 bits per heavy atom. The van der Waals surface area contributed by atoms with Crippen LogP contribution in [0, 0.1) is 5.41 Å². The third-order valence-electron chi connectivity index (χ3n) is 4.52. The second kappa shape index (κ2) is 6.87. The molecule has 5 heteroatoms. The number of carbonyl (C=O) groups is 1. The van der Waals surface area contributed by atoms with E-state index in [0.29, 0.717) is 16.9 Å². The fraction of sp³-hybridized carbons (Fsp3) is 0.688. The number of carbonyl (C=O) groups excluding carboxylic acids is 1. The third kappa shape index (κ3) is 3.93. The van der Waals surface area contributed by atoms with Crippen molar-refractivity contribution in [3.8, 4) is 0 Å². The first-order valence-corrected chi connectivity index (χ1v) is 7.93. The van der Waals surface area contributed by atoms with Crippen molar-refractivity contribution < 1.29 is 4.79 Å².